The molecule has 0 unspecified atom stereocenters. The van der Waals surface area contributed by atoms with Crippen LogP contribution in [0.5, 0.6) is 5.75 Å². The van der Waals surface area contributed by atoms with E-state index in [0.29, 0.717) is 12.1 Å². The van der Waals surface area contributed by atoms with Crippen LogP contribution in [0.3, 0.4) is 0 Å². The fourth-order valence-corrected chi connectivity index (χ4v) is 1.45. The first-order chi connectivity index (χ1) is 9.11. The highest BCUT2D eigenvalue weighted by atomic mass is 16.6. The molecule has 0 aliphatic rings. The van der Waals surface area contributed by atoms with Gasteiger partial charge in [-0.15, -0.1) is 10.2 Å². The molecular formula is C11H10N4O4. The number of aldehydes is 1. The molecule has 0 amide bonds. The predicted molar refractivity (Wildman–Crippen MR) is 63.8 cm³/mol. The summed E-state index contributed by atoms with van der Waals surface area (Å²) in [6.45, 7) is 0.0533. The lowest BCUT2D eigenvalue weighted by Crippen LogP contribution is -2.04. The zero-order chi connectivity index (χ0) is 13.8. The van der Waals surface area contributed by atoms with Crippen LogP contribution < -0.4 is 4.74 Å². The van der Waals surface area contributed by atoms with E-state index in [1.54, 1.807) is 11.6 Å². The Balaban J connectivity index is 2.22. The molecule has 0 saturated heterocycles. The van der Waals surface area contributed by atoms with Gasteiger partial charge >= 0.3 is 5.69 Å². The predicted octanol–water partition coefficient (Wildman–Crippen LogP) is 1.11. The Morgan fingerprint density at radius 2 is 2.32 bits per heavy atom. The second-order valence-electron chi connectivity index (χ2n) is 3.75. The summed E-state index contributed by atoms with van der Waals surface area (Å²) in [6.07, 6.45) is 2.04. The number of hydrogen-bond donors (Lipinski definition) is 0. The summed E-state index contributed by atoms with van der Waals surface area (Å²) in [7, 11) is 1.74. The third kappa shape index (κ3) is 2.73. The van der Waals surface area contributed by atoms with E-state index >= 15 is 0 Å². The van der Waals surface area contributed by atoms with E-state index in [1.165, 1.54) is 24.5 Å². The van der Waals surface area contributed by atoms with E-state index in [4.69, 9.17) is 4.74 Å². The normalized spacial score (nSPS) is 10.2. The molecule has 0 fully saturated rings. The summed E-state index contributed by atoms with van der Waals surface area (Å²) in [6, 6.07) is 4.00. The number of carbonyl (C=O) groups is 1. The van der Waals surface area contributed by atoms with Gasteiger partial charge in [-0.05, 0) is 12.1 Å². The summed E-state index contributed by atoms with van der Waals surface area (Å²) >= 11 is 0. The van der Waals surface area contributed by atoms with E-state index in [9.17, 15) is 14.9 Å². The summed E-state index contributed by atoms with van der Waals surface area (Å²) < 4.78 is 6.99. The average Bonchev–Trinajstić information content (AvgIpc) is 2.81. The highest BCUT2D eigenvalue weighted by Gasteiger charge is 2.16. The molecule has 0 aliphatic carbocycles. The van der Waals surface area contributed by atoms with Crippen molar-refractivity contribution in [3.05, 3.63) is 46.0 Å². The van der Waals surface area contributed by atoms with Crippen LogP contribution in [0.15, 0.2) is 24.5 Å². The monoisotopic (exact) mass is 262 g/mol. The standard InChI is InChI=1S/C11H10N4O4/c1-14-7-12-13-11(14)6-19-10-3-2-8(5-16)4-9(10)15(17)18/h2-5,7H,6H2,1H3. The summed E-state index contributed by atoms with van der Waals surface area (Å²) in [5, 5.41) is 18.4. The van der Waals surface area contributed by atoms with Crippen molar-refractivity contribution in [1.29, 1.82) is 0 Å². The summed E-state index contributed by atoms with van der Waals surface area (Å²) in [4.78, 5) is 20.9. The lowest BCUT2D eigenvalue weighted by atomic mass is 10.2. The summed E-state index contributed by atoms with van der Waals surface area (Å²) in [5.41, 5.74) is -0.0375. The quantitative estimate of drug-likeness (QED) is 0.454. The number of ether oxygens (including phenoxy) is 1. The molecule has 1 aromatic heterocycles. The maximum atomic E-state index is 10.9. The first kappa shape index (κ1) is 12.7. The number of carbonyl (C=O) groups excluding carboxylic acids is 1. The van der Waals surface area contributed by atoms with Crippen molar-refractivity contribution in [2.75, 3.05) is 0 Å². The first-order valence-electron chi connectivity index (χ1n) is 5.31. The first-order valence-corrected chi connectivity index (χ1v) is 5.31. The molecule has 0 N–H and O–H groups in total. The van der Waals surface area contributed by atoms with Crippen molar-refractivity contribution >= 4 is 12.0 Å². The van der Waals surface area contributed by atoms with Crippen LogP contribution in [0, 0.1) is 10.1 Å². The highest BCUT2D eigenvalue weighted by molar-refractivity contribution is 5.77. The van der Waals surface area contributed by atoms with Gasteiger partial charge in [0.25, 0.3) is 0 Å². The number of nitrogens with zero attached hydrogens (tertiary/aromatic N) is 4. The van der Waals surface area contributed by atoms with Crippen LogP contribution >= 0.6 is 0 Å². The van der Waals surface area contributed by atoms with E-state index < -0.39 is 4.92 Å². The molecule has 2 aromatic rings. The Bertz CT molecular complexity index is 623. The molecular weight excluding hydrogens is 252 g/mol. The molecule has 0 spiro atoms. The second-order valence-corrected chi connectivity index (χ2v) is 3.75. The van der Waals surface area contributed by atoms with Gasteiger partial charge in [-0.2, -0.15) is 0 Å². The number of hydrogen-bond acceptors (Lipinski definition) is 6. The van der Waals surface area contributed by atoms with E-state index in [2.05, 4.69) is 10.2 Å². The van der Waals surface area contributed by atoms with Gasteiger partial charge in [-0.3, -0.25) is 14.9 Å². The van der Waals surface area contributed by atoms with Gasteiger partial charge in [-0.1, -0.05) is 0 Å². The Morgan fingerprint density at radius 3 is 2.89 bits per heavy atom. The van der Waals surface area contributed by atoms with Crippen LogP contribution in [-0.4, -0.2) is 26.0 Å². The average molecular weight is 262 g/mol. The Labute approximate surface area is 107 Å². The van der Waals surface area contributed by atoms with E-state index in [0.717, 1.165) is 0 Å². The molecule has 0 aliphatic heterocycles. The Morgan fingerprint density at radius 1 is 1.53 bits per heavy atom. The minimum atomic E-state index is -0.598. The summed E-state index contributed by atoms with van der Waals surface area (Å²) in [5.74, 6) is 0.618. The van der Waals surface area contributed by atoms with Crippen LogP contribution in [0.4, 0.5) is 5.69 Å². The van der Waals surface area contributed by atoms with Crippen molar-refractivity contribution in [3.63, 3.8) is 0 Å². The maximum Gasteiger partial charge on any atom is 0.311 e. The van der Waals surface area contributed by atoms with Crippen molar-refractivity contribution in [2.24, 2.45) is 7.05 Å². The number of aromatic nitrogens is 3. The molecule has 8 heteroatoms. The molecule has 8 nitrogen and oxygen atoms in total. The number of nitro groups is 1. The van der Waals surface area contributed by atoms with Crippen LogP contribution in [-0.2, 0) is 13.7 Å². The van der Waals surface area contributed by atoms with Gasteiger partial charge in [0.1, 0.15) is 19.2 Å². The largest absolute Gasteiger partial charge is 0.479 e. The third-order valence-corrected chi connectivity index (χ3v) is 2.48. The maximum absolute atomic E-state index is 10.9. The molecule has 0 saturated carbocycles. The van der Waals surface area contributed by atoms with E-state index in [1.807, 2.05) is 0 Å². The number of rotatable bonds is 5. The topological polar surface area (TPSA) is 100 Å². The number of benzene rings is 1. The SMILES string of the molecule is Cn1cnnc1COc1ccc(C=O)cc1[N+](=O)[O-]. The third-order valence-electron chi connectivity index (χ3n) is 2.48. The minimum absolute atomic E-state index is 0.0533. The molecule has 0 bridgehead atoms. The molecule has 2 rings (SSSR count). The van der Waals surface area contributed by atoms with Gasteiger partial charge in [0.05, 0.1) is 4.92 Å². The van der Waals surface area contributed by atoms with Crippen molar-refractivity contribution in [3.8, 4) is 5.75 Å². The molecule has 1 heterocycles. The Hall–Kier alpha value is -2.77. The van der Waals surface area contributed by atoms with Gasteiger partial charge in [-0.25, -0.2) is 0 Å². The highest BCUT2D eigenvalue weighted by Crippen LogP contribution is 2.28. The van der Waals surface area contributed by atoms with Crippen molar-refractivity contribution < 1.29 is 14.5 Å². The van der Waals surface area contributed by atoms with Crippen molar-refractivity contribution in [2.45, 2.75) is 6.61 Å². The van der Waals surface area contributed by atoms with Gasteiger partial charge in [0, 0.05) is 18.7 Å². The van der Waals surface area contributed by atoms with Gasteiger partial charge in [0.15, 0.2) is 11.6 Å². The Kier molecular flexibility index (Phi) is 3.51. The lowest BCUT2D eigenvalue weighted by Gasteiger charge is -2.06. The fourth-order valence-electron chi connectivity index (χ4n) is 1.45. The number of aryl methyl sites for hydroxylation is 1. The van der Waals surface area contributed by atoms with Crippen LogP contribution in [0.25, 0.3) is 0 Å². The lowest BCUT2D eigenvalue weighted by molar-refractivity contribution is -0.386. The van der Waals surface area contributed by atoms with Crippen molar-refractivity contribution in [1.82, 2.24) is 14.8 Å². The smallest absolute Gasteiger partial charge is 0.311 e. The molecule has 1 aromatic carbocycles. The second kappa shape index (κ2) is 5.25. The molecule has 0 atom stereocenters. The minimum Gasteiger partial charge on any atom is -0.479 e. The van der Waals surface area contributed by atoms with Gasteiger partial charge in [0.2, 0.25) is 0 Å². The zero-order valence-corrected chi connectivity index (χ0v) is 10.0. The molecule has 0 radical (unpaired) electrons. The van der Waals surface area contributed by atoms with E-state index in [-0.39, 0.29) is 23.6 Å². The molecule has 19 heavy (non-hydrogen) atoms. The zero-order valence-electron chi connectivity index (χ0n) is 10.0. The van der Waals surface area contributed by atoms with Crippen LogP contribution in [0.1, 0.15) is 16.2 Å². The van der Waals surface area contributed by atoms with Gasteiger partial charge < -0.3 is 9.30 Å². The van der Waals surface area contributed by atoms with Crippen LogP contribution in [0.2, 0.25) is 0 Å². The number of nitro benzene ring substituents is 1. The molecule has 98 valence electrons. The fraction of sp³-hybridized carbons (Fsp3) is 0.182.